The van der Waals surface area contributed by atoms with E-state index in [4.69, 9.17) is 9.47 Å². The first-order chi connectivity index (χ1) is 14.5. The van der Waals surface area contributed by atoms with Crippen LogP contribution in [-0.2, 0) is 21.4 Å². The van der Waals surface area contributed by atoms with Gasteiger partial charge in [0.15, 0.2) is 0 Å². The van der Waals surface area contributed by atoms with Crippen molar-refractivity contribution in [2.24, 2.45) is 5.41 Å². The summed E-state index contributed by atoms with van der Waals surface area (Å²) in [5, 5.41) is 10.5. The molecule has 3 aliphatic rings. The molecule has 5 atom stereocenters. The summed E-state index contributed by atoms with van der Waals surface area (Å²) in [5.74, 6) is 0.449. The van der Waals surface area contributed by atoms with Gasteiger partial charge in [-0.25, -0.2) is 0 Å². The van der Waals surface area contributed by atoms with Crippen molar-refractivity contribution in [3.8, 4) is 5.75 Å². The van der Waals surface area contributed by atoms with Crippen LogP contribution in [-0.4, -0.2) is 54.9 Å². The number of methoxy groups -OCH3 is 1. The van der Waals surface area contributed by atoms with Crippen molar-refractivity contribution in [3.05, 3.63) is 65.7 Å². The maximum absolute atomic E-state index is 13.6. The minimum atomic E-state index is -1.12. The summed E-state index contributed by atoms with van der Waals surface area (Å²) in [6.07, 6.45) is 3.58. The molecule has 158 valence electrons. The van der Waals surface area contributed by atoms with Gasteiger partial charge in [-0.2, -0.15) is 0 Å². The first kappa shape index (κ1) is 19.6. The third-order valence-electron chi connectivity index (χ3n) is 8.01. The minimum absolute atomic E-state index is 0.0320. The van der Waals surface area contributed by atoms with E-state index in [1.807, 2.05) is 54.6 Å². The normalized spacial score (nSPS) is 31.1. The summed E-state index contributed by atoms with van der Waals surface area (Å²) in [4.78, 5) is 16.1. The number of esters is 1. The average molecular weight is 408 g/mol. The smallest absolute Gasteiger partial charge is 0.319 e. The topological polar surface area (TPSA) is 59.0 Å². The average Bonchev–Trinajstić information content (AvgIpc) is 2.74. The molecule has 0 aromatic heterocycles. The number of hydrogen-bond donors (Lipinski definition) is 1. The van der Waals surface area contributed by atoms with Crippen molar-refractivity contribution in [1.29, 1.82) is 0 Å². The van der Waals surface area contributed by atoms with Crippen LogP contribution in [0, 0.1) is 5.41 Å². The van der Waals surface area contributed by atoms with E-state index in [1.165, 1.54) is 6.42 Å². The Hall–Kier alpha value is -2.37. The Kier molecular flexibility index (Phi) is 4.64. The van der Waals surface area contributed by atoms with E-state index in [0.29, 0.717) is 18.5 Å². The van der Waals surface area contributed by atoms with Crippen LogP contribution in [0.5, 0.6) is 5.75 Å². The number of hydrogen-bond acceptors (Lipinski definition) is 5. The first-order valence-electron chi connectivity index (χ1n) is 10.8. The zero-order valence-electron chi connectivity index (χ0n) is 17.6. The highest BCUT2D eigenvalue weighted by atomic mass is 16.5. The number of carbonyl (C=O) groups excluding carboxylic acids is 1. The summed E-state index contributed by atoms with van der Waals surface area (Å²) < 4.78 is 11.4. The summed E-state index contributed by atoms with van der Waals surface area (Å²) in [6, 6.07) is 18.3. The second-order valence-electron chi connectivity index (χ2n) is 9.11. The fourth-order valence-corrected chi connectivity index (χ4v) is 6.08. The molecule has 3 fully saturated rings. The van der Waals surface area contributed by atoms with Gasteiger partial charge in [-0.05, 0) is 49.6 Å². The van der Waals surface area contributed by atoms with Crippen LogP contribution in [0.3, 0.4) is 0 Å². The third-order valence-corrected chi connectivity index (χ3v) is 8.01. The van der Waals surface area contributed by atoms with E-state index < -0.39 is 5.41 Å². The maximum Gasteiger partial charge on any atom is 0.319 e. The summed E-state index contributed by atoms with van der Waals surface area (Å²) in [5.41, 5.74) is 0.798. The van der Waals surface area contributed by atoms with Gasteiger partial charge in [-0.3, -0.25) is 9.69 Å². The molecule has 2 aliphatic carbocycles. The Morgan fingerprint density at radius 1 is 1.17 bits per heavy atom. The van der Waals surface area contributed by atoms with Crippen LogP contribution in [0.15, 0.2) is 54.6 Å². The molecule has 5 unspecified atom stereocenters. The molecule has 1 aliphatic heterocycles. The highest BCUT2D eigenvalue weighted by Gasteiger charge is 2.75. The van der Waals surface area contributed by atoms with Gasteiger partial charge in [0.1, 0.15) is 17.3 Å². The number of benzene rings is 2. The molecule has 2 aromatic carbocycles. The van der Waals surface area contributed by atoms with Crippen molar-refractivity contribution in [2.75, 3.05) is 20.8 Å². The van der Waals surface area contributed by atoms with Crippen LogP contribution in [0.2, 0.25) is 0 Å². The number of piperidine rings is 2. The zero-order valence-corrected chi connectivity index (χ0v) is 17.6. The lowest BCUT2D eigenvalue weighted by Gasteiger charge is -2.78. The number of likely N-dealkylation sites (tertiary alicyclic amines) is 1. The largest absolute Gasteiger partial charge is 0.497 e. The first-order valence-corrected chi connectivity index (χ1v) is 10.8. The predicted octanol–water partition coefficient (Wildman–Crippen LogP) is 2.95. The van der Waals surface area contributed by atoms with E-state index in [2.05, 4.69) is 11.9 Å². The molecule has 30 heavy (non-hydrogen) atoms. The third kappa shape index (κ3) is 2.58. The van der Waals surface area contributed by atoms with E-state index in [9.17, 15) is 9.90 Å². The van der Waals surface area contributed by atoms with Gasteiger partial charge in [0.25, 0.3) is 0 Å². The standard InChI is InChI=1S/C25H29NO4/c1-26-20-12-13-25(20)21(26)14-22(25)30-23(28)24(16-27,18-6-4-3-5-7-18)15-17-8-10-19(29-2)11-9-17/h3-11,20-22,27H,12-16H2,1-2H3. The van der Waals surface area contributed by atoms with Gasteiger partial charge in [0.2, 0.25) is 0 Å². The Morgan fingerprint density at radius 2 is 1.90 bits per heavy atom. The number of aliphatic hydroxyl groups is 1. The second-order valence-corrected chi connectivity index (χ2v) is 9.11. The van der Waals surface area contributed by atoms with Gasteiger partial charge >= 0.3 is 5.97 Å². The molecule has 0 radical (unpaired) electrons. The van der Waals surface area contributed by atoms with E-state index in [-0.39, 0.29) is 24.1 Å². The Balaban J connectivity index is 1.42. The van der Waals surface area contributed by atoms with Crippen LogP contribution in [0.4, 0.5) is 0 Å². The fourth-order valence-electron chi connectivity index (χ4n) is 6.08. The number of carbonyl (C=O) groups is 1. The Bertz CT molecular complexity index is 922. The van der Waals surface area contributed by atoms with Gasteiger partial charge in [-0.15, -0.1) is 0 Å². The number of aliphatic hydroxyl groups excluding tert-OH is 1. The monoisotopic (exact) mass is 407 g/mol. The van der Waals surface area contributed by atoms with Gasteiger partial charge in [0.05, 0.1) is 13.7 Å². The molecule has 1 saturated heterocycles. The molecule has 2 saturated carbocycles. The quantitative estimate of drug-likeness (QED) is 0.715. The SMILES string of the molecule is COc1ccc(CC(CO)(C(=O)OC2CC3N(C)C4CCC243)c2ccccc2)cc1. The highest BCUT2D eigenvalue weighted by Crippen LogP contribution is 2.68. The van der Waals surface area contributed by atoms with Crippen LogP contribution in [0.1, 0.15) is 30.4 Å². The Morgan fingerprint density at radius 3 is 2.47 bits per heavy atom. The van der Waals surface area contributed by atoms with Gasteiger partial charge in [0, 0.05) is 23.9 Å². The van der Waals surface area contributed by atoms with Crippen molar-refractivity contribution in [1.82, 2.24) is 4.90 Å². The van der Waals surface area contributed by atoms with E-state index >= 15 is 0 Å². The second kappa shape index (κ2) is 7.10. The molecule has 5 rings (SSSR count). The zero-order chi connectivity index (χ0) is 20.9. The highest BCUT2D eigenvalue weighted by molar-refractivity contribution is 5.84. The van der Waals surface area contributed by atoms with Crippen molar-refractivity contribution in [2.45, 2.75) is 49.3 Å². The van der Waals surface area contributed by atoms with Crippen molar-refractivity contribution >= 4 is 5.97 Å². The Labute approximate surface area is 177 Å². The molecule has 2 aromatic rings. The van der Waals surface area contributed by atoms with E-state index in [0.717, 1.165) is 29.7 Å². The van der Waals surface area contributed by atoms with E-state index in [1.54, 1.807) is 7.11 Å². The number of rotatable bonds is 7. The maximum atomic E-state index is 13.6. The van der Waals surface area contributed by atoms with Crippen LogP contribution >= 0.6 is 0 Å². The predicted molar refractivity (Wildman–Crippen MR) is 113 cm³/mol. The molecule has 1 N–H and O–H groups in total. The van der Waals surface area contributed by atoms with Gasteiger partial charge in [-0.1, -0.05) is 42.5 Å². The number of ether oxygens (including phenoxy) is 2. The van der Waals surface area contributed by atoms with Crippen molar-refractivity contribution < 1.29 is 19.4 Å². The molecular weight excluding hydrogens is 378 g/mol. The molecule has 5 heteroatoms. The molecular formula is C25H29NO4. The molecule has 5 nitrogen and oxygen atoms in total. The lowest BCUT2D eigenvalue weighted by molar-refractivity contribution is -0.316. The lowest BCUT2D eigenvalue weighted by Crippen LogP contribution is -2.86. The van der Waals surface area contributed by atoms with Crippen LogP contribution < -0.4 is 4.74 Å². The van der Waals surface area contributed by atoms with Crippen LogP contribution in [0.25, 0.3) is 0 Å². The number of nitrogens with zero attached hydrogens (tertiary/aromatic N) is 1. The van der Waals surface area contributed by atoms with Gasteiger partial charge < -0.3 is 14.6 Å². The summed E-state index contributed by atoms with van der Waals surface area (Å²) in [7, 11) is 3.81. The lowest BCUT2D eigenvalue weighted by atomic mass is 9.41. The molecule has 1 heterocycles. The summed E-state index contributed by atoms with van der Waals surface area (Å²) in [6.45, 7) is -0.297. The summed E-state index contributed by atoms with van der Waals surface area (Å²) >= 11 is 0. The van der Waals surface area contributed by atoms with Crippen molar-refractivity contribution in [3.63, 3.8) is 0 Å². The minimum Gasteiger partial charge on any atom is -0.497 e. The molecule has 1 spiro atoms. The fraction of sp³-hybridized carbons (Fsp3) is 0.480. The molecule has 0 bridgehead atoms. The molecule has 0 amide bonds.